The maximum atomic E-state index is 14.1. The molecule has 0 unspecified atom stereocenters. The first-order chi connectivity index (χ1) is 19.5. The van der Waals surface area contributed by atoms with Crippen LogP contribution < -0.4 is 11.1 Å². The molecule has 7 aromatic rings. The third kappa shape index (κ3) is 4.36. The second-order valence-corrected chi connectivity index (χ2v) is 10.1. The van der Waals surface area contributed by atoms with Crippen LogP contribution in [0.25, 0.3) is 64.9 Å². The average molecular weight is 712 g/mol. The summed E-state index contributed by atoms with van der Waals surface area (Å²) in [5.41, 5.74) is 1.12. The van der Waals surface area contributed by atoms with Crippen LogP contribution >= 0.6 is 0 Å². The Balaban J connectivity index is 0.00000302. The van der Waals surface area contributed by atoms with E-state index in [0.29, 0.717) is 10.8 Å². The van der Waals surface area contributed by atoms with Crippen LogP contribution in [0.3, 0.4) is 0 Å². The van der Waals surface area contributed by atoms with Crippen molar-refractivity contribution in [3.63, 3.8) is 0 Å². The summed E-state index contributed by atoms with van der Waals surface area (Å²) in [6.07, 6.45) is 0. The summed E-state index contributed by atoms with van der Waals surface area (Å²) in [6.45, 7) is 0. The third-order valence-corrected chi connectivity index (χ3v) is 7.72. The number of aromatic nitrogens is 2. The first kappa shape index (κ1) is 26.7. The molecule has 0 fully saturated rings. The topological polar surface area (TPSA) is 44.0 Å². The number of para-hydroxylation sites is 2. The van der Waals surface area contributed by atoms with Crippen molar-refractivity contribution in [2.45, 2.75) is 0 Å². The fourth-order valence-corrected chi connectivity index (χ4v) is 5.68. The van der Waals surface area contributed by atoms with E-state index in [-0.39, 0.29) is 32.2 Å². The molecule has 4 bridgehead atoms. The van der Waals surface area contributed by atoms with Crippen molar-refractivity contribution in [1.82, 2.24) is 9.13 Å². The van der Waals surface area contributed by atoms with Gasteiger partial charge in [-0.2, -0.15) is 0 Å². The molecule has 0 N–H and O–H groups in total. The molecule has 0 radical (unpaired) electrons. The molecule has 198 valence electrons. The Morgan fingerprint density at radius 3 is 1.24 bits per heavy atom. The van der Waals surface area contributed by atoms with Gasteiger partial charge in [-0.1, -0.05) is 128 Å². The molecule has 6 aromatic carbocycles. The van der Waals surface area contributed by atoms with Crippen molar-refractivity contribution in [3.8, 4) is 0 Å². The van der Waals surface area contributed by atoms with Crippen molar-refractivity contribution < 1.29 is 21.1 Å². The first-order valence-corrected chi connectivity index (χ1v) is 13.2. The minimum atomic E-state index is -0.168. The molecule has 41 heavy (non-hydrogen) atoms. The normalized spacial score (nSPS) is 11.2. The van der Waals surface area contributed by atoms with Gasteiger partial charge in [0.25, 0.3) is 0 Å². The minimum absolute atomic E-state index is 0. The molecule has 7 rings (SSSR count). The van der Waals surface area contributed by atoms with Gasteiger partial charge in [-0.3, -0.25) is 0 Å². The summed E-state index contributed by atoms with van der Waals surface area (Å²) < 4.78 is 3.33. The van der Waals surface area contributed by atoms with Crippen LogP contribution in [0, 0.1) is 12.1 Å². The summed E-state index contributed by atoms with van der Waals surface area (Å²) in [5.74, 6) is 0. The van der Waals surface area contributed by atoms with E-state index in [1.807, 2.05) is 109 Å². The average Bonchev–Trinajstić information content (AvgIpc) is 3.02. The number of aryl methyl sites for hydroxylation is 2. The number of hydrogen-bond donors (Lipinski definition) is 0. The van der Waals surface area contributed by atoms with Gasteiger partial charge in [0.2, 0.25) is 0 Å². The summed E-state index contributed by atoms with van der Waals surface area (Å²) in [4.78, 5) is 28.2. The van der Waals surface area contributed by atoms with Crippen molar-refractivity contribution in [2.75, 3.05) is 0 Å². The van der Waals surface area contributed by atoms with Gasteiger partial charge in [-0.15, -0.1) is 35.0 Å². The molecular weight excluding hydrogens is 687 g/mol. The van der Waals surface area contributed by atoms with Crippen LogP contribution in [0.1, 0.15) is 0 Å². The monoisotopic (exact) mass is 711 g/mol. The Kier molecular flexibility index (Phi) is 6.81. The van der Waals surface area contributed by atoms with E-state index in [0.717, 1.165) is 54.1 Å². The van der Waals surface area contributed by atoms with Crippen LogP contribution in [0.5, 0.6) is 0 Å². The minimum Gasteiger partial charge on any atom is -0.349 e. The van der Waals surface area contributed by atoms with E-state index in [1.54, 1.807) is 23.2 Å². The molecule has 5 heteroatoms. The van der Waals surface area contributed by atoms with E-state index in [4.69, 9.17) is 0 Å². The molecule has 4 nitrogen and oxygen atoms in total. The molecule has 0 spiro atoms. The number of hydrogen-bond acceptors (Lipinski definition) is 2. The molecule has 0 aliphatic rings. The molecule has 0 saturated heterocycles. The van der Waals surface area contributed by atoms with Crippen LogP contribution in [0.2, 0.25) is 0 Å². The molecule has 0 aliphatic carbocycles. The van der Waals surface area contributed by atoms with E-state index in [1.165, 1.54) is 0 Å². The predicted molar refractivity (Wildman–Crippen MR) is 166 cm³/mol. The van der Waals surface area contributed by atoms with E-state index < -0.39 is 0 Å². The van der Waals surface area contributed by atoms with Crippen LogP contribution in [0.15, 0.2) is 119 Å². The number of fused-ring (bicyclic) bond motifs is 12. The van der Waals surface area contributed by atoms with Gasteiger partial charge in [0, 0.05) is 25.1 Å². The van der Waals surface area contributed by atoms with Gasteiger partial charge in [0.1, 0.15) is 0 Å². The third-order valence-electron chi connectivity index (χ3n) is 7.72. The summed E-state index contributed by atoms with van der Waals surface area (Å²) >= 11 is 0. The molecule has 0 amide bonds. The van der Waals surface area contributed by atoms with Gasteiger partial charge in [0.05, 0.1) is 0 Å². The Hall–Kier alpha value is -4.53. The van der Waals surface area contributed by atoms with E-state index in [9.17, 15) is 9.59 Å². The second kappa shape index (κ2) is 10.5. The molecule has 0 saturated carbocycles. The fraction of sp³-hybridized carbons (Fsp3) is 0.0556. The standard InChI is InChI=1S/C36H24N2O2.Pt/c1-37-33-17-9-7-15-29(33)31-22-26(20-24-12-4-5-13-27(24)31)36(40)38(2)34-18-10-8-16-30(34)32-21-25(35(37)39)19-23-11-3-6-14-28(23)32;/h3-20H,1-2H3;/q-2;+4. The van der Waals surface area contributed by atoms with Crippen LogP contribution in [-0.2, 0) is 35.2 Å². The molecule has 0 aliphatic heterocycles. The van der Waals surface area contributed by atoms with Crippen molar-refractivity contribution in [1.29, 1.82) is 0 Å². The zero-order valence-corrected chi connectivity index (χ0v) is 24.7. The van der Waals surface area contributed by atoms with Crippen LogP contribution in [0.4, 0.5) is 0 Å². The summed E-state index contributed by atoms with van der Waals surface area (Å²) in [7, 11) is 3.57. The Morgan fingerprint density at radius 1 is 0.488 bits per heavy atom. The maximum Gasteiger partial charge on any atom is 4.00 e. The van der Waals surface area contributed by atoms with Gasteiger partial charge in [-0.25, -0.2) is 0 Å². The molecular formula is C36H24N2O2Pt+2. The predicted octanol–water partition coefficient (Wildman–Crippen LogP) is 7.29. The summed E-state index contributed by atoms with van der Waals surface area (Å²) in [6, 6.07) is 42.2. The Morgan fingerprint density at radius 2 is 0.829 bits per heavy atom. The van der Waals surface area contributed by atoms with Crippen molar-refractivity contribution in [2.24, 2.45) is 14.1 Å². The SMILES string of the molecule is Cn1c(=O)c2[c-]c(c3ccccc3c2)c2ccccc2n(C)c(=O)c2[c-]c(c3ccccc3c2)c2ccccc21.[Pt+4]. The van der Waals surface area contributed by atoms with Crippen molar-refractivity contribution >= 4 is 64.9 Å². The maximum absolute atomic E-state index is 14.1. The van der Waals surface area contributed by atoms with Crippen LogP contribution in [-0.4, -0.2) is 9.13 Å². The summed E-state index contributed by atoms with van der Waals surface area (Å²) in [5, 5.41) is 7.89. The van der Waals surface area contributed by atoms with Gasteiger partial charge < -0.3 is 18.7 Å². The number of benzene rings is 6. The smallest absolute Gasteiger partial charge is 0.349 e. The zero-order chi connectivity index (χ0) is 27.4. The van der Waals surface area contributed by atoms with Gasteiger partial charge >= 0.3 is 21.1 Å². The fourth-order valence-electron chi connectivity index (χ4n) is 5.68. The van der Waals surface area contributed by atoms with Gasteiger partial charge in [0.15, 0.2) is 11.1 Å². The first-order valence-electron chi connectivity index (χ1n) is 13.2. The second-order valence-electron chi connectivity index (χ2n) is 10.1. The molecule has 1 heterocycles. The van der Waals surface area contributed by atoms with E-state index >= 15 is 0 Å². The Bertz CT molecular complexity index is 2230. The number of rotatable bonds is 0. The molecule has 0 atom stereocenters. The zero-order valence-electron chi connectivity index (χ0n) is 22.4. The van der Waals surface area contributed by atoms with E-state index in [2.05, 4.69) is 12.1 Å². The largest absolute Gasteiger partial charge is 4.00 e. The quantitative estimate of drug-likeness (QED) is 0.155. The van der Waals surface area contributed by atoms with Crippen molar-refractivity contribution in [3.05, 3.63) is 142 Å². The Labute approximate surface area is 250 Å². The van der Waals surface area contributed by atoms with Gasteiger partial charge in [-0.05, 0) is 12.1 Å². The number of nitrogens with zero attached hydrogens (tertiary/aromatic N) is 2. The molecule has 1 aromatic heterocycles.